The van der Waals surface area contributed by atoms with Crippen molar-refractivity contribution >= 4 is 28.0 Å². The Morgan fingerprint density at radius 1 is 1.00 bits per heavy atom. The smallest absolute Gasteiger partial charge is 0.225 e. The second kappa shape index (κ2) is 7.23. The lowest BCUT2D eigenvalue weighted by Crippen LogP contribution is -2.26. The van der Waals surface area contributed by atoms with Crippen molar-refractivity contribution in [2.75, 3.05) is 6.54 Å². The van der Waals surface area contributed by atoms with Gasteiger partial charge in [0.25, 0.3) is 0 Å². The summed E-state index contributed by atoms with van der Waals surface area (Å²) in [6.45, 7) is 0.730. The second-order valence-corrected chi connectivity index (χ2v) is 6.38. The Hall–Kier alpha value is -2.13. The molecule has 0 aliphatic carbocycles. The molecule has 0 aliphatic heterocycles. The van der Waals surface area contributed by atoms with Crippen LogP contribution in [0.15, 0.2) is 60.0 Å². The van der Waals surface area contributed by atoms with Crippen LogP contribution in [0.3, 0.4) is 0 Å². The number of amides is 1. The molecular weight excluding hydrogens is 290 g/mol. The number of hydrogen-bond donors (Lipinski definition) is 1. The molecule has 0 bridgehead atoms. The average Bonchev–Trinajstić information content (AvgIpc) is 3.04. The number of thiophene rings is 1. The molecule has 3 heteroatoms. The molecule has 1 N–H and O–H groups in total. The average molecular weight is 309 g/mol. The van der Waals surface area contributed by atoms with E-state index in [2.05, 4.69) is 47.8 Å². The Kier molecular flexibility index (Phi) is 4.86. The molecule has 0 aliphatic rings. The summed E-state index contributed by atoms with van der Waals surface area (Å²) in [4.78, 5) is 12.9. The van der Waals surface area contributed by atoms with Gasteiger partial charge in [-0.3, -0.25) is 4.79 Å². The maximum atomic E-state index is 11.8. The summed E-state index contributed by atoms with van der Waals surface area (Å²) < 4.78 is 0. The zero-order valence-corrected chi connectivity index (χ0v) is 13.2. The highest BCUT2D eigenvalue weighted by atomic mass is 32.1. The van der Waals surface area contributed by atoms with E-state index in [0.29, 0.717) is 6.42 Å². The fourth-order valence-corrected chi connectivity index (χ4v) is 3.35. The molecule has 2 aromatic carbocycles. The highest BCUT2D eigenvalue weighted by Gasteiger charge is 2.04. The van der Waals surface area contributed by atoms with Gasteiger partial charge in [-0.05, 0) is 40.6 Å². The normalized spacial score (nSPS) is 10.7. The van der Waals surface area contributed by atoms with Crippen LogP contribution in [0.5, 0.6) is 0 Å². The molecule has 0 radical (unpaired) electrons. The van der Waals surface area contributed by atoms with Crippen LogP contribution in [-0.4, -0.2) is 12.5 Å². The minimum atomic E-state index is 0.111. The lowest BCUT2D eigenvalue weighted by molar-refractivity contribution is -0.120. The maximum absolute atomic E-state index is 11.8. The van der Waals surface area contributed by atoms with Gasteiger partial charge in [0.1, 0.15) is 0 Å². The minimum absolute atomic E-state index is 0.111. The number of aryl methyl sites for hydroxylation is 1. The molecule has 0 unspecified atom stereocenters. The molecule has 0 saturated heterocycles. The summed E-state index contributed by atoms with van der Waals surface area (Å²) in [6.07, 6.45) is 2.44. The summed E-state index contributed by atoms with van der Waals surface area (Å²) in [6, 6.07) is 18.9. The van der Waals surface area contributed by atoms with Crippen LogP contribution in [0.2, 0.25) is 0 Å². The Balaban J connectivity index is 1.49. The largest absolute Gasteiger partial charge is 0.356 e. The number of rotatable bonds is 6. The molecule has 3 aromatic rings. The Morgan fingerprint density at radius 3 is 2.73 bits per heavy atom. The summed E-state index contributed by atoms with van der Waals surface area (Å²) in [5.41, 5.74) is 1.35. The van der Waals surface area contributed by atoms with E-state index in [-0.39, 0.29) is 5.91 Å². The number of carbonyl (C=O) groups excluding carboxylic acids is 1. The first-order valence-corrected chi connectivity index (χ1v) is 8.46. The van der Waals surface area contributed by atoms with Crippen molar-refractivity contribution in [3.63, 3.8) is 0 Å². The van der Waals surface area contributed by atoms with Crippen LogP contribution in [0.4, 0.5) is 0 Å². The predicted octanol–water partition coefficient (Wildman–Crippen LogP) is 4.19. The zero-order valence-electron chi connectivity index (χ0n) is 12.4. The Labute approximate surface area is 134 Å². The van der Waals surface area contributed by atoms with Gasteiger partial charge in [0.05, 0.1) is 6.42 Å². The molecule has 22 heavy (non-hydrogen) atoms. The molecule has 112 valence electrons. The summed E-state index contributed by atoms with van der Waals surface area (Å²) in [5, 5.41) is 7.60. The molecule has 0 atom stereocenters. The van der Waals surface area contributed by atoms with Crippen LogP contribution < -0.4 is 5.32 Å². The quantitative estimate of drug-likeness (QED) is 0.680. The monoisotopic (exact) mass is 309 g/mol. The van der Waals surface area contributed by atoms with E-state index in [0.717, 1.165) is 24.3 Å². The lowest BCUT2D eigenvalue weighted by Gasteiger charge is -2.07. The third-order valence-electron chi connectivity index (χ3n) is 3.74. The molecular formula is C19H19NOS. The van der Waals surface area contributed by atoms with E-state index in [1.54, 1.807) is 11.3 Å². The minimum Gasteiger partial charge on any atom is -0.356 e. The third-order valence-corrected chi connectivity index (χ3v) is 4.62. The molecule has 1 amide bonds. The van der Waals surface area contributed by atoms with Gasteiger partial charge in [-0.15, -0.1) is 11.3 Å². The highest BCUT2D eigenvalue weighted by Crippen LogP contribution is 2.19. The molecule has 0 spiro atoms. The fraction of sp³-hybridized carbons (Fsp3) is 0.211. The van der Waals surface area contributed by atoms with Crippen LogP contribution in [0.25, 0.3) is 10.8 Å². The molecule has 2 nitrogen and oxygen atoms in total. The van der Waals surface area contributed by atoms with Crippen molar-refractivity contribution in [3.8, 4) is 0 Å². The Bertz CT molecular complexity index is 744. The third kappa shape index (κ3) is 3.74. The van der Waals surface area contributed by atoms with E-state index < -0.39 is 0 Å². The first-order valence-electron chi connectivity index (χ1n) is 7.58. The van der Waals surface area contributed by atoms with E-state index in [1.807, 2.05) is 17.5 Å². The van der Waals surface area contributed by atoms with Gasteiger partial charge < -0.3 is 5.32 Å². The molecule has 1 aromatic heterocycles. The molecule has 0 saturated carbocycles. The van der Waals surface area contributed by atoms with Crippen molar-refractivity contribution < 1.29 is 4.79 Å². The van der Waals surface area contributed by atoms with Crippen molar-refractivity contribution in [1.82, 2.24) is 5.32 Å². The highest BCUT2D eigenvalue weighted by molar-refractivity contribution is 7.10. The SMILES string of the molecule is O=C(Cc1cccs1)NCCCc1cccc2ccccc12. The molecule has 1 heterocycles. The predicted molar refractivity (Wildman–Crippen MR) is 93.3 cm³/mol. The van der Waals surface area contributed by atoms with Crippen LogP contribution in [0.1, 0.15) is 16.9 Å². The van der Waals surface area contributed by atoms with E-state index in [4.69, 9.17) is 0 Å². The van der Waals surface area contributed by atoms with Crippen molar-refractivity contribution in [2.24, 2.45) is 0 Å². The zero-order chi connectivity index (χ0) is 15.2. The van der Waals surface area contributed by atoms with Gasteiger partial charge in [0.2, 0.25) is 5.91 Å². The van der Waals surface area contributed by atoms with Gasteiger partial charge in [0, 0.05) is 11.4 Å². The standard InChI is InChI=1S/C19H19NOS/c21-19(14-17-10-5-13-22-17)20-12-4-9-16-8-3-7-15-6-1-2-11-18(15)16/h1-3,5-8,10-11,13H,4,9,12,14H2,(H,20,21). The van der Waals surface area contributed by atoms with Crippen molar-refractivity contribution in [3.05, 3.63) is 70.4 Å². The molecule has 0 fully saturated rings. The second-order valence-electron chi connectivity index (χ2n) is 5.35. The number of carbonyl (C=O) groups is 1. The molecule has 3 rings (SSSR count). The van der Waals surface area contributed by atoms with Crippen molar-refractivity contribution in [1.29, 1.82) is 0 Å². The number of benzene rings is 2. The van der Waals surface area contributed by atoms with E-state index in [1.165, 1.54) is 16.3 Å². The van der Waals surface area contributed by atoms with Crippen LogP contribution in [0, 0.1) is 0 Å². The number of fused-ring (bicyclic) bond motifs is 1. The summed E-state index contributed by atoms with van der Waals surface area (Å²) in [5.74, 6) is 0.111. The van der Waals surface area contributed by atoms with Gasteiger partial charge in [0.15, 0.2) is 0 Å². The van der Waals surface area contributed by atoms with Crippen LogP contribution in [-0.2, 0) is 17.6 Å². The van der Waals surface area contributed by atoms with Gasteiger partial charge in [-0.1, -0.05) is 48.5 Å². The first-order chi connectivity index (χ1) is 10.8. The van der Waals surface area contributed by atoms with Gasteiger partial charge in [-0.2, -0.15) is 0 Å². The lowest BCUT2D eigenvalue weighted by atomic mass is 10.0. The number of nitrogens with one attached hydrogen (secondary N) is 1. The van der Waals surface area contributed by atoms with Gasteiger partial charge in [-0.25, -0.2) is 0 Å². The summed E-state index contributed by atoms with van der Waals surface area (Å²) in [7, 11) is 0. The van der Waals surface area contributed by atoms with E-state index >= 15 is 0 Å². The first kappa shape index (κ1) is 14.8. The van der Waals surface area contributed by atoms with Crippen molar-refractivity contribution in [2.45, 2.75) is 19.3 Å². The topological polar surface area (TPSA) is 29.1 Å². The number of hydrogen-bond acceptors (Lipinski definition) is 2. The summed E-state index contributed by atoms with van der Waals surface area (Å²) >= 11 is 1.63. The fourth-order valence-electron chi connectivity index (χ4n) is 2.65. The Morgan fingerprint density at radius 2 is 1.86 bits per heavy atom. The van der Waals surface area contributed by atoms with Gasteiger partial charge >= 0.3 is 0 Å². The maximum Gasteiger partial charge on any atom is 0.225 e. The van der Waals surface area contributed by atoms with Crippen LogP contribution >= 0.6 is 11.3 Å². The van der Waals surface area contributed by atoms with E-state index in [9.17, 15) is 4.79 Å².